The Labute approximate surface area is 71.7 Å². The van der Waals surface area contributed by atoms with Gasteiger partial charge < -0.3 is 14.9 Å². The Kier molecular flexibility index (Phi) is 3.76. The third-order valence-corrected chi connectivity index (χ3v) is 1.51. The molecule has 0 saturated heterocycles. The monoisotopic (exact) mass is 170 g/mol. The lowest BCUT2D eigenvalue weighted by molar-refractivity contribution is 0.196. The first-order chi connectivity index (χ1) is 5.86. The summed E-state index contributed by atoms with van der Waals surface area (Å²) in [5.74, 6) is 1.57. The van der Waals surface area contributed by atoms with Crippen molar-refractivity contribution in [3.63, 3.8) is 0 Å². The van der Waals surface area contributed by atoms with E-state index in [0.29, 0.717) is 25.5 Å². The van der Waals surface area contributed by atoms with Crippen LogP contribution in [0.25, 0.3) is 0 Å². The number of rotatable bonds is 5. The predicted octanol–water partition coefficient (Wildman–Crippen LogP) is 0.365. The second-order valence-electron chi connectivity index (χ2n) is 2.50. The Bertz CT molecular complexity index is 223. The summed E-state index contributed by atoms with van der Waals surface area (Å²) in [4.78, 5) is 4.06. The Morgan fingerprint density at radius 2 is 2.42 bits per heavy atom. The fraction of sp³-hybridized carbons (Fsp3) is 0.625. The van der Waals surface area contributed by atoms with E-state index in [1.165, 1.54) is 0 Å². The molecule has 0 aromatic carbocycles. The van der Waals surface area contributed by atoms with Crippen molar-refractivity contribution < 1.29 is 9.15 Å². The number of hydrogen-bond acceptors (Lipinski definition) is 4. The predicted molar refractivity (Wildman–Crippen MR) is 44.8 cm³/mol. The topological polar surface area (TPSA) is 61.3 Å². The first-order valence-electron chi connectivity index (χ1n) is 3.99. The lowest BCUT2D eigenvalue weighted by Crippen LogP contribution is -2.02. The maximum Gasteiger partial charge on any atom is 0.195 e. The number of hydrogen-bond donors (Lipinski definition) is 1. The SMILES string of the molecule is COCCc1cnc(CCN)o1. The molecule has 68 valence electrons. The van der Waals surface area contributed by atoms with Crippen molar-refractivity contribution in [2.45, 2.75) is 12.8 Å². The maximum atomic E-state index is 5.36. The molecule has 2 N–H and O–H groups in total. The number of oxazole rings is 1. The molecule has 1 aromatic heterocycles. The molecule has 0 radical (unpaired) electrons. The molecule has 0 amide bonds. The van der Waals surface area contributed by atoms with Crippen LogP contribution in [0.15, 0.2) is 10.6 Å². The molecule has 12 heavy (non-hydrogen) atoms. The number of nitrogens with two attached hydrogens (primary N) is 1. The van der Waals surface area contributed by atoms with Crippen LogP contribution in [-0.2, 0) is 17.6 Å². The third-order valence-electron chi connectivity index (χ3n) is 1.51. The molecule has 0 spiro atoms. The van der Waals surface area contributed by atoms with E-state index >= 15 is 0 Å². The summed E-state index contributed by atoms with van der Waals surface area (Å²) in [6.07, 6.45) is 3.20. The van der Waals surface area contributed by atoms with Gasteiger partial charge in [-0.1, -0.05) is 0 Å². The summed E-state index contributed by atoms with van der Waals surface area (Å²) in [7, 11) is 1.66. The highest BCUT2D eigenvalue weighted by atomic mass is 16.5. The van der Waals surface area contributed by atoms with Crippen LogP contribution in [0.5, 0.6) is 0 Å². The van der Waals surface area contributed by atoms with Gasteiger partial charge in [-0.15, -0.1) is 0 Å². The van der Waals surface area contributed by atoms with Crippen molar-refractivity contribution in [3.8, 4) is 0 Å². The zero-order chi connectivity index (χ0) is 8.81. The highest BCUT2D eigenvalue weighted by molar-refractivity contribution is 4.94. The van der Waals surface area contributed by atoms with Gasteiger partial charge in [0.2, 0.25) is 0 Å². The molecule has 4 heteroatoms. The summed E-state index contributed by atoms with van der Waals surface area (Å²) in [5, 5.41) is 0. The molecular weight excluding hydrogens is 156 g/mol. The average molecular weight is 170 g/mol. The van der Waals surface area contributed by atoms with Crippen LogP contribution in [0.1, 0.15) is 11.7 Å². The summed E-state index contributed by atoms with van der Waals surface area (Å²) < 4.78 is 10.3. The van der Waals surface area contributed by atoms with Gasteiger partial charge in [-0.05, 0) is 0 Å². The van der Waals surface area contributed by atoms with Gasteiger partial charge in [0.05, 0.1) is 12.8 Å². The van der Waals surface area contributed by atoms with Crippen molar-refractivity contribution in [3.05, 3.63) is 17.8 Å². The number of ether oxygens (including phenoxy) is 1. The van der Waals surface area contributed by atoms with Gasteiger partial charge >= 0.3 is 0 Å². The van der Waals surface area contributed by atoms with Gasteiger partial charge in [0.1, 0.15) is 5.76 Å². The van der Waals surface area contributed by atoms with Crippen molar-refractivity contribution >= 4 is 0 Å². The van der Waals surface area contributed by atoms with Gasteiger partial charge in [-0.2, -0.15) is 0 Å². The quantitative estimate of drug-likeness (QED) is 0.693. The van der Waals surface area contributed by atoms with E-state index in [-0.39, 0.29) is 0 Å². The minimum Gasteiger partial charge on any atom is -0.446 e. The molecule has 1 aromatic rings. The van der Waals surface area contributed by atoms with Gasteiger partial charge in [0.15, 0.2) is 5.89 Å². The van der Waals surface area contributed by atoms with Crippen LogP contribution in [-0.4, -0.2) is 25.2 Å². The summed E-state index contributed by atoms with van der Waals surface area (Å²) in [6, 6.07) is 0. The van der Waals surface area contributed by atoms with Gasteiger partial charge in [0, 0.05) is 26.5 Å². The molecule has 1 rings (SSSR count). The maximum absolute atomic E-state index is 5.36. The van der Waals surface area contributed by atoms with Crippen LogP contribution in [0.2, 0.25) is 0 Å². The minimum absolute atomic E-state index is 0.574. The number of methoxy groups -OCH3 is 1. The molecule has 0 atom stereocenters. The fourth-order valence-electron chi connectivity index (χ4n) is 0.905. The second kappa shape index (κ2) is 4.90. The van der Waals surface area contributed by atoms with Crippen LogP contribution in [0, 0.1) is 0 Å². The first kappa shape index (κ1) is 9.22. The zero-order valence-corrected chi connectivity index (χ0v) is 7.25. The van der Waals surface area contributed by atoms with E-state index in [4.69, 9.17) is 14.9 Å². The summed E-state index contributed by atoms with van der Waals surface area (Å²) in [6.45, 7) is 1.24. The Hall–Kier alpha value is -0.870. The Morgan fingerprint density at radius 1 is 1.58 bits per heavy atom. The van der Waals surface area contributed by atoms with Crippen LogP contribution in [0.3, 0.4) is 0 Å². The highest BCUT2D eigenvalue weighted by Gasteiger charge is 2.01. The molecule has 0 aliphatic rings. The van der Waals surface area contributed by atoms with E-state index in [2.05, 4.69) is 4.98 Å². The van der Waals surface area contributed by atoms with E-state index in [0.717, 1.165) is 12.2 Å². The lowest BCUT2D eigenvalue weighted by Gasteiger charge is -1.93. The van der Waals surface area contributed by atoms with Gasteiger partial charge in [-0.3, -0.25) is 0 Å². The van der Waals surface area contributed by atoms with Crippen LogP contribution >= 0.6 is 0 Å². The van der Waals surface area contributed by atoms with Crippen molar-refractivity contribution in [2.75, 3.05) is 20.3 Å². The van der Waals surface area contributed by atoms with Gasteiger partial charge in [-0.25, -0.2) is 4.98 Å². The normalized spacial score (nSPS) is 10.5. The minimum atomic E-state index is 0.574. The molecule has 0 saturated carbocycles. The number of nitrogens with zero attached hydrogens (tertiary/aromatic N) is 1. The number of aromatic nitrogens is 1. The van der Waals surface area contributed by atoms with Crippen LogP contribution in [0.4, 0.5) is 0 Å². The molecule has 0 aliphatic carbocycles. The molecule has 0 unspecified atom stereocenters. The summed E-state index contributed by atoms with van der Waals surface area (Å²) in [5.41, 5.74) is 5.35. The Balaban J connectivity index is 2.41. The fourth-order valence-corrected chi connectivity index (χ4v) is 0.905. The van der Waals surface area contributed by atoms with E-state index < -0.39 is 0 Å². The standard InChI is InChI=1S/C8H14N2O2/c1-11-5-3-7-6-10-8(12-7)2-4-9/h6H,2-5,9H2,1H3. The average Bonchev–Trinajstić information content (AvgIpc) is 2.50. The molecule has 0 bridgehead atoms. The van der Waals surface area contributed by atoms with Crippen molar-refractivity contribution in [1.82, 2.24) is 4.98 Å². The molecule has 4 nitrogen and oxygen atoms in total. The second-order valence-corrected chi connectivity index (χ2v) is 2.50. The molecule has 0 aliphatic heterocycles. The lowest BCUT2D eigenvalue weighted by atomic mass is 10.4. The van der Waals surface area contributed by atoms with E-state index in [1.54, 1.807) is 13.3 Å². The van der Waals surface area contributed by atoms with Crippen molar-refractivity contribution in [2.24, 2.45) is 5.73 Å². The molecule has 1 heterocycles. The zero-order valence-electron chi connectivity index (χ0n) is 7.25. The first-order valence-corrected chi connectivity index (χ1v) is 3.99. The summed E-state index contributed by atoms with van der Waals surface area (Å²) >= 11 is 0. The smallest absolute Gasteiger partial charge is 0.195 e. The van der Waals surface area contributed by atoms with Crippen molar-refractivity contribution in [1.29, 1.82) is 0 Å². The van der Waals surface area contributed by atoms with Crippen LogP contribution < -0.4 is 5.73 Å². The van der Waals surface area contributed by atoms with E-state index in [1.807, 2.05) is 0 Å². The van der Waals surface area contributed by atoms with Gasteiger partial charge in [0.25, 0.3) is 0 Å². The Morgan fingerprint density at radius 3 is 3.08 bits per heavy atom. The highest BCUT2D eigenvalue weighted by Crippen LogP contribution is 2.04. The molecular formula is C8H14N2O2. The third kappa shape index (κ3) is 2.64. The largest absolute Gasteiger partial charge is 0.446 e. The molecule has 0 fully saturated rings. The van der Waals surface area contributed by atoms with E-state index in [9.17, 15) is 0 Å².